The zero-order valence-electron chi connectivity index (χ0n) is 11.5. The number of ether oxygens (including phenoxy) is 1. The third kappa shape index (κ3) is 3.50. The fraction of sp³-hybridized carbons (Fsp3) is 0.467. The number of carbonyl (C=O) groups is 2. The van der Waals surface area contributed by atoms with Crippen LogP contribution < -0.4 is 0 Å². The number of nitrogens with zero attached hydrogens (tertiary/aromatic N) is 1. The summed E-state index contributed by atoms with van der Waals surface area (Å²) in [5, 5.41) is 9.14. The average Bonchev–Trinajstić information content (AvgIpc) is 2.45. The third-order valence-electron chi connectivity index (χ3n) is 3.55. The number of hydrogen-bond donors (Lipinski definition) is 1. The average molecular weight is 277 g/mol. The molecule has 1 unspecified atom stereocenters. The van der Waals surface area contributed by atoms with E-state index in [9.17, 15) is 9.59 Å². The molecule has 1 saturated heterocycles. The molecule has 5 nitrogen and oxygen atoms in total. The zero-order chi connectivity index (χ0) is 14.5. The normalized spacial score (nSPS) is 18.6. The Morgan fingerprint density at radius 2 is 2.00 bits per heavy atom. The van der Waals surface area contributed by atoms with Crippen LogP contribution in [0.1, 0.15) is 36.5 Å². The Hall–Kier alpha value is -2.04. The van der Waals surface area contributed by atoms with Gasteiger partial charge in [0.2, 0.25) is 0 Å². The van der Waals surface area contributed by atoms with Gasteiger partial charge in [-0.05, 0) is 50.5 Å². The van der Waals surface area contributed by atoms with Gasteiger partial charge in [-0.15, -0.1) is 0 Å². The molecule has 0 saturated carbocycles. The Bertz CT molecular complexity index is 483. The highest BCUT2D eigenvalue weighted by Crippen LogP contribution is 2.16. The lowest BCUT2D eigenvalue weighted by molar-refractivity contribution is -0.137. The molecule has 1 amide bonds. The van der Waals surface area contributed by atoms with Gasteiger partial charge in [-0.1, -0.05) is 0 Å². The number of phenolic OH excluding ortho intramolecular Hbond substituents is 1. The molecule has 1 N–H and O–H groups in total. The van der Waals surface area contributed by atoms with Crippen LogP contribution in [0.2, 0.25) is 0 Å². The monoisotopic (exact) mass is 277 g/mol. The van der Waals surface area contributed by atoms with Crippen LogP contribution in [0.5, 0.6) is 5.75 Å². The number of amides is 1. The van der Waals surface area contributed by atoms with Crippen LogP contribution >= 0.6 is 0 Å². The summed E-state index contributed by atoms with van der Waals surface area (Å²) in [5.41, 5.74) is 0.322. The Balaban J connectivity index is 1.86. The van der Waals surface area contributed by atoms with Crippen molar-refractivity contribution < 1.29 is 19.4 Å². The number of phenols is 1. The van der Waals surface area contributed by atoms with E-state index in [0.29, 0.717) is 5.56 Å². The van der Waals surface area contributed by atoms with Crippen LogP contribution in [-0.4, -0.2) is 41.1 Å². The smallest absolute Gasteiger partial charge is 0.338 e. The fourth-order valence-electron chi connectivity index (χ4n) is 2.36. The van der Waals surface area contributed by atoms with E-state index in [1.165, 1.54) is 24.3 Å². The van der Waals surface area contributed by atoms with Crippen molar-refractivity contribution in [2.45, 2.75) is 32.2 Å². The topological polar surface area (TPSA) is 66.8 Å². The molecule has 0 aromatic heterocycles. The first-order chi connectivity index (χ1) is 9.58. The van der Waals surface area contributed by atoms with E-state index in [1.54, 1.807) is 4.90 Å². The Labute approximate surface area is 118 Å². The summed E-state index contributed by atoms with van der Waals surface area (Å²) in [6.45, 7) is 2.51. The third-order valence-corrected chi connectivity index (χ3v) is 3.55. The molecule has 1 aliphatic rings. The minimum Gasteiger partial charge on any atom is -0.508 e. The summed E-state index contributed by atoms with van der Waals surface area (Å²) in [6.07, 6.45) is 3.14. The number of benzene rings is 1. The number of likely N-dealkylation sites (tertiary alicyclic amines) is 1. The predicted molar refractivity (Wildman–Crippen MR) is 73.4 cm³/mol. The van der Waals surface area contributed by atoms with E-state index in [-0.39, 0.29) is 24.3 Å². The van der Waals surface area contributed by atoms with Gasteiger partial charge in [0.15, 0.2) is 6.61 Å². The number of piperidine rings is 1. The van der Waals surface area contributed by atoms with Crippen molar-refractivity contribution in [3.63, 3.8) is 0 Å². The van der Waals surface area contributed by atoms with Gasteiger partial charge in [0.25, 0.3) is 5.91 Å². The van der Waals surface area contributed by atoms with E-state index in [1.807, 2.05) is 6.92 Å². The van der Waals surface area contributed by atoms with Gasteiger partial charge < -0.3 is 14.7 Å². The standard InChI is InChI=1S/C15H19NO4/c1-11-4-2-3-9-16(11)14(18)10-20-15(19)12-5-7-13(17)8-6-12/h5-8,11,17H,2-4,9-10H2,1H3. The molecule has 1 fully saturated rings. The van der Waals surface area contributed by atoms with E-state index >= 15 is 0 Å². The summed E-state index contributed by atoms with van der Waals surface area (Å²) in [7, 11) is 0. The van der Waals surface area contributed by atoms with Crippen molar-refractivity contribution in [2.75, 3.05) is 13.2 Å². The van der Waals surface area contributed by atoms with Gasteiger partial charge in [0.1, 0.15) is 5.75 Å². The second-order valence-corrected chi connectivity index (χ2v) is 5.05. The highest BCUT2D eigenvalue weighted by Gasteiger charge is 2.24. The summed E-state index contributed by atoms with van der Waals surface area (Å²) in [6, 6.07) is 5.96. The molecule has 1 heterocycles. The van der Waals surface area contributed by atoms with Crippen LogP contribution in [0.15, 0.2) is 24.3 Å². The quantitative estimate of drug-likeness (QED) is 0.857. The van der Waals surface area contributed by atoms with Crippen LogP contribution in [-0.2, 0) is 9.53 Å². The lowest BCUT2D eigenvalue weighted by Crippen LogP contribution is -2.44. The highest BCUT2D eigenvalue weighted by molar-refractivity contribution is 5.91. The van der Waals surface area contributed by atoms with Gasteiger partial charge in [-0.3, -0.25) is 4.79 Å². The summed E-state index contributed by atoms with van der Waals surface area (Å²) >= 11 is 0. The number of aromatic hydroxyl groups is 1. The first kappa shape index (κ1) is 14.4. The van der Waals surface area contributed by atoms with E-state index in [4.69, 9.17) is 9.84 Å². The molecule has 20 heavy (non-hydrogen) atoms. The number of hydrogen-bond acceptors (Lipinski definition) is 4. The Kier molecular flexibility index (Phi) is 4.61. The van der Waals surface area contributed by atoms with Crippen LogP contribution in [0.25, 0.3) is 0 Å². The second-order valence-electron chi connectivity index (χ2n) is 5.05. The molecule has 0 bridgehead atoms. The van der Waals surface area contributed by atoms with Crippen molar-refractivity contribution in [1.29, 1.82) is 0 Å². The van der Waals surface area contributed by atoms with Crippen molar-refractivity contribution in [2.24, 2.45) is 0 Å². The molecular formula is C15H19NO4. The second kappa shape index (κ2) is 6.41. The van der Waals surface area contributed by atoms with Crippen LogP contribution in [0, 0.1) is 0 Å². The first-order valence-electron chi connectivity index (χ1n) is 6.83. The van der Waals surface area contributed by atoms with E-state index in [2.05, 4.69) is 0 Å². The first-order valence-corrected chi connectivity index (χ1v) is 6.83. The lowest BCUT2D eigenvalue weighted by Gasteiger charge is -2.33. The molecule has 2 rings (SSSR count). The van der Waals surface area contributed by atoms with Crippen molar-refractivity contribution in [1.82, 2.24) is 4.90 Å². The molecule has 1 atom stereocenters. The van der Waals surface area contributed by atoms with Crippen LogP contribution in [0.3, 0.4) is 0 Å². The zero-order valence-corrected chi connectivity index (χ0v) is 11.5. The molecule has 5 heteroatoms. The molecule has 1 aromatic carbocycles. The maximum Gasteiger partial charge on any atom is 0.338 e. The van der Waals surface area contributed by atoms with Crippen molar-refractivity contribution in [3.05, 3.63) is 29.8 Å². The largest absolute Gasteiger partial charge is 0.508 e. The maximum atomic E-state index is 12.0. The molecule has 1 aromatic rings. The van der Waals surface area contributed by atoms with E-state index in [0.717, 1.165) is 25.8 Å². The molecule has 0 aliphatic carbocycles. The van der Waals surface area contributed by atoms with Crippen molar-refractivity contribution in [3.8, 4) is 5.75 Å². The lowest BCUT2D eigenvalue weighted by atomic mass is 10.0. The summed E-state index contributed by atoms with van der Waals surface area (Å²) in [4.78, 5) is 25.5. The molecule has 1 aliphatic heterocycles. The number of esters is 1. The minimum atomic E-state index is -0.553. The van der Waals surface area contributed by atoms with Crippen LogP contribution in [0.4, 0.5) is 0 Å². The Morgan fingerprint density at radius 3 is 2.65 bits per heavy atom. The Morgan fingerprint density at radius 1 is 1.30 bits per heavy atom. The van der Waals surface area contributed by atoms with Gasteiger partial charge >= 0.3 is 5.97 Å². The minimum absolute atomic E-state index is 0.0831. The number of carbonyl (C=O) groups excluding carboxylic acids is 2. The van der Waals surface area contributed by atoms with Gasteiger partial charge in [0, 0.05) is 12.6 Å². The molecular weight excluding hydrogens is 258 g/mol. The fourth-order valence-corrected chi connectivity index (χ4v) is 2.36. The van der Waals surface area contributed by atoms with Gasteiger partial charge in [-0.2, -0.15) is 0 Å². The van der Waals surface area contributed by atoms with E-state index < -0.39 is 5.97 Å². The van der Waals surface area contributed by atoms with Gasteiger partial charge in [-0.25, -0.2) is 4.79 Å². The molecule has 108 valence electrons. The molecule has 0 spiro atoms. The van der Waals surface area contributed by atoms with Crippen molar-refractivity contribution >= 4 is 11.9 Å². The number of rotatable bonds is 3. The van der Waals surface area contributed by atoms with Gasteiger partial charge in [0.05, 0.1) is 5.56 Å². The molecule has 0 radical (unpaired) electrons. The summed E-state index contributed by atoms with van der Waals surface area (Å²) < 4.78 is 5.02. The predicted octanol–water partition coefficient (Wildman–Crippen LogP) is 1.95. The summed E-state index contributed by atoms with van der Waals surface area (Å²) in [5.74, 6) is -0.618. The maximum absolute atomic E-state index is 12.0. The SMILES string of the molecule is CC1CCCCN1C(=O)COC(=O)c1ccc(O)cc1. The highest BCUT2D eigenvalue weighted by atomic mass is 16.5.